The van der Waals surface area contributed by atoms with Crippen molar-refractivity contribution in [3.8, 4) is 17.1 Å². The topological polar surface area (TPSA) is 66.0 Å². The van der Waals surface area contributed by atoms with E-state index in [4.69, 9.17) is 5.73 Å². The number of benzene rings is 1. The van der Waals surface area contributed by atoms with Crippen molar-refractivity contribution in [1.82, 2.24) is 14.8 Å². The molecular formula is C14H16F2N4O. The maximum Gasteiger partial charge on any atom is 0.387 e. The van der Waals surface area contributed by atoms with Gasteiger partial charge in [-0.2, -0.15) is 8.78 Å². The van der Waals surface area contributed by atoms with Crippen LogP contribution in [0.15, 0.2) is 24.3 Å². The zero-order valence-corrected chi connectivity index (χ0v) is 11.4. The summed E-state index contributed by atoms with van der Waals surface area (Å²) in [6.45, 7) is -1.41. The Bertz CT molecular complexity index is 629. The van der Waals surface area contributed by atoms with Crippen LogP contribution in [0.5, 0.6) is 5.75 Å². The molecule has 1 aliphatic rings. The van der Waals surface area contributed by atoms with Gasteiger partial charge in [0.05, 0.1) is 0 Å². The monoisotopic (exact) mass is 294 g/mol. The highest BCUT2D eigenvalue weighted by molar-refractivity contribution is 5.58. The molecule has 1 unspecified atom stereocenters. The van der Waals surface area contributed by atoms with Gasteiger partial charge in [0.25, 0.3) is 0 Å². The number of alkyl halides is 2. The van der Waals surface area contributed by atoms with Crippen LogP contribution in [0.4, 0.5) is 8.78 Å². The molecule has 1 aromatic carbocycles. The number of halogens is 2. The molecule has 1 aliphatic heterocycles. The summed E-state index contributed by atoms with van der Waals surface area (Å²) in [4.78, 5) is 0. The van der Waals surface area contributed by atoms with Crippen molar-refractivity contribution in [1.29, 1.82) is 0 Å². The number of hydrogen-bond donors (Lipinski definition) is 1. The van der Waals surface area contributed by atoms with Gasteiger partial charge in [-0.05, 0) is 31.0 Å². The van der Waals surface area contributed by atoms with Gasteiger partial charge in [-0.15, -0.1) is 10.2 Å². The van der Waals surface area contributed by atoms with Crippen LogP contribution in [-0.4, -0.2) is 27.9 Å². The summed E-state index contributed by atoms with van der Waals surface area (Å²) in [5.41, 5.74) is 6.42. The maximum atomic E-state index is 12.3. The van der Waals surface area contributed by atoms with E-state index >= 15 is 0 Å². The lowest BCUT2D eigenvalue weighted by molar-refractivity contribution is -0.0498. The molecule has 0 saturated carbocycles. The van der Waals surface area contributed by atoms with Gasteiger partial charge in [0.1, 0.15) is 11.6 Å². The molecule has 3 rings (SSSR count). The molecule has 0 radical (unpaired) electrons. The molecule has 0 spiro atoms. The number of rotatable bonds is 4. The number of fused-ring (bicyclic) bond motifs is 1. The van der Waals surface area contributed by atoms with E-state index < -0.39 is 6.61 Å². The first-order chi connectivity index (χ1) is 10.2. The lowest BCUT2D eigenvalue weighted by Gasteiger charge is -2.22. The van der Waals surface area contributed by atoms with Gasteiger partial charge in [-0.25, -0.2) is 0 Å². The Morgan fingerprint density at radius 1 is 1.38 bits per heavy atom. The number of hydrogen-bond acceptors (Lipinski definition) is 4. The van der Waals surface area contributed by atoms with E-state index in [2.05, 4.69) is 14.9 Å². The van der Waals surface area contributed by atoms with Crippen LogP contribution in [0.3, 0.4) is 0 Å². The molecule has 1 aromatic heterocycles. The minimum atomic E-state index is -2.84. The van der Waals surface area contributed by atoms with E-state index in [-0.39, 0.29) is 5.75 Å². The predicted molar refractivity (Wildman–Crippen MR) is 73.0 cm³/mol. The standard InChI is InChI=1S/C14H16F2N4O/c15-14(16)21-11-3-1-2-10(7-11)13-19-18-12-6-9(8-17)4-5-20(12)13/h1-3,7,9,14H,4-6,8,17H2. The molecule has 2 N–H and O–H groups in total. The van der Waals surface area contributed by atoms with Crippen LogP contribution in [0.2, 0.25) is 0 Å². The van der Waals surface area contributed by atoms with Crippen LogP contribution in [0.1, 0.15) is 12.2 Å². The predicted octanol–water partition coefficient (Wildman–Crippen LogP) is 2.07. The van der Waals surface area contributed by atoms with E-state index in [1.807, 2.05) is 10.6 Å². The summed E-state index contributed by atoms with van der Waals surface area (Å²) < 4.78 is 31.0. The van der Waals surface area contributed by atoms with Crippen molar-refractivity contribution in [2.24, 2.45) is 11.7 Å². The minimum absolute atomic E-state index is 0.121. The van der Waals surface area contributed by atoms with Crippen LogP contribution in [0, 0.1) is 5.92 Å². The summed E-state index contributed by atoms with van der Waals surface area (Å²) in [6, 6.07) is 6.52. The molecule has 0 fully saturated rings. The average molecular weight is 294 g/mol. The van der Waals surface area contributed by atoms with Crippen molar-refractivity contribution >= 4 is 0 Å². The Morgan fingerprint density at radius 3 is 3.00 bits per heavy atom. The first-order valence-corrected chi connectivity index (χ1v) is 6.84. The Hall–Kier alpha value is -2.02. The highest BCUT2D eigenvalue weighted by atomic mass is 19.3. The first-order valence-electron chi connectivity index (χ1n) is 6.84. The van der Waals surface area contributed by atoms with Gasteiger partial charge in [0.2, 0.25) is 0 Å². The van der Waals surface area contributed by atoms with E-state index in [0.29, 0.717) is 18.3 Å². The number of ether oxygens (including phenoxy) is 1. The molecule has 21 heavy (non-hydrogen) atoms. The SMILES string of the molecule is NCC1CCn2c(nnc2-c2cccc(OC(F)F)c2)C1. The molecule has 0 aliphatic carbocycles. The lowest BCUT2D eigenvalue weighted by Crippen LogP contribution is -2.25. The number of nitrogens with two attached hydrogens (primary N) is 1. The third kappa shape index (κ3) is 2.87. The zero-order valence-electron chi connectivity index (χ0n) is 11.4. The van der Waals surface area contributed by atoms with Crippen LogP contribution in [-0.2, 0) is 13.0 Å². The highest BCUT2D eigenvalue weighted by Crippen LogP contribution is 2.27. The second kappa shape index (κ2) is 5.77. The number of aromatic nitrogens is 3. The van der Waals surface area contributed by atoms with Gasteiger partial charge >= 0.3 is 6.61 Å². The third-order valence-electron chi connectivity index (χ3n) is 3.71. The van der Waals surface area contributed by atoms with Gasteiger partial charge in [0.15, 0.2) is 5.82 Å². The molecule has 5 nitrogen and oxygen atoms in total. The Morgan fingerprint density at radius 2 is 2.24 bits per heavy atom. The van der Waals surface area contributed by atoms with E-state index in [1.54, 1.807) is 12.1 Å². The summed E-state index contributed by atoms with van der Waals surface area (Å²) in [5.74, 6) is 2.13. The van der Waals surface area contributed by atoms with Gasteiger partial charge < -0.3 is 15.0 Å². The molecular weight excluding hydrogens is 278 g/mol. The summed E-state index contributed by atoms with van der Waals surface area (Å²) in [6.07, 6.45) is 1.78. The third-order valence-corrected chi connectivity index (χ3v) is 3.71. The van der Waals surface area contributed by atoms with Crippen molar-refractivity contribution < 1.29 is 13.5 Å². The molecule has 0 amide bonds. The Labute approximate surface area is 120 Å². The van der Waals surface area contributed by atoms with E-state index in [1.165, 1.54) is 6.07 Å². The van der Waals surface area contributed by atoms with Crippen LogP contribution < -0.4 is 10.5 Å². The fraction of sp³-hybridized carbons (Fsp3) is 0.429. The Balaban J connectivity index is 1.90. The molecule has 0 bridgehead atoms. The van der Waals surface area contributed by atoms with Gasteiger partial charge in [-0.1, -0.05) is 12.1 Å². The molecule has 2 heterocycles. The zero-order chi connectivity index (χ0) is 14.8. The van der Waals surface area contributed by atoms with Gasteiger partial charge in [0, 0.05) is 18.5 Å². The second-order valence-corrected chi connectivity index (χ2v) is 5.09. The van der Waals surface area contributed by atoms with Crippen LogP contribution in [0.25, 0.3) is 11.4 Å². The smallest absolute Gasteiger partial charge is 0.387 e. The minimum Gasteiger partial charge on any atom is -0.435 e. The summed E-state index contributed by atoms with van der Waals surface area (Å²) in [7, 11) is 0. The number of nitrogens with zero attached hydrogens (tertiary/aromatic N) is 3. The summed E-state index contributed by atoms with van der Waals surface area (Å²) >= 11 is 0. The summed E-state index contributed by atoms with van der Waals surface area (Å²) in [5, 5.41) is 8.38. The van der Waals surface area contributed by atoms with Crippen molar-refractivity contribution in [2.45, 2.75) is 26.0 Å². The molecule has 1 atom stereocenters. The molecule has 112 valence electrons. The lowest BCUT2D eigenvalue weighted by atomic mass is 9.98. The largest absolute Gasteiger partial charge is 0.435 e. The molecule has 0 saturated heterocycles. The fourth-order valence-corrected chi connectivity index (χ4v) is 2.62. The quantitative estimate of drug-likeness (QED) is 0.937. The van der Waals surface area contributed by atoms with Crippen molar-refractivity contribution in [3.05, 3.63) is 30.1 Å². The Kier molecular flexibility index (Phi) is 3.83. The maximum absolute atomic E-state index is 12.3. The highest BCUT2D eigenvalue weighted by Gasteiger charge is 2.22. The first kappa shape index (κ1) is 13.9. The van der Waals surface area contributed by atoms with Crippen LogP contribution >= 0.6 is 0 Å². The second-order valence-electron chi connectivity index (χ2n) is 5.09. The van der Waals surface area contributed by atoms with Crippen molar-refractivity contribution in [3.63, 3.8) is 0 Å². The molecule has 7 heteroatoms. The van der Waals surface area contributed by atoms with Gasteiger partial charge in [-0.3, -0.25) is 0 Å². The molecule has 2 aromatic rings. The normalized spacial score (nSPS) is 17.8. The van der Waals surface area contributed by atoms with Crippen molar-refractivity contribution in [2.75, 3.05) is 6.54 Å². The fourth-order valence-electron chi connectivity index (χ4n) is 2.62. The average Bonchev–Trinajstić information content (AvgIpc) is 2.89. The van der Waals surface area contributed by atoms with E-state index in [9.17, 15) is 8.78 Å². The van der Waals surface area contributed by atoms with E-state index in [0.717, 1.165) is 30.8 Å².